The minimum atomic E-state index is -0.000719. The predicted molar refractivity (Wildman–Crippen MR) is 104 cm³/mol. The van der Waals surface area contributed by atoms with Crippen LogP contribution in [-0.4, -0.2) is 34.1 Å². The molecule has 1 aliphatic heterocycles. The van der Waals surface area contributed by atoms with E-state index < -0.39 is 0 Å². The zero-order valence-corrected chi connectivity index (χ0v) is 14.8. The summed E-state index contributed by atoms with van der Waals surface area (Å²) < 4.78 is 0. The van der Waals surface area contributed by atoms with Crippen molar-refractivity contribution in [1.29, 1.82) is 0 Å². The fourth-order valence-electron chi connectivity index (χ4n) is 3.24. The van der Waals surface area contributed by atoms with Crippen LogP contribution in [0.4, 0.5) is 0 Å². The van der Waals surface area contributed by atoms with Gasteiger partial charge in [0.15, 0.2) is 0 Å². The number of aromatic amines is 1. The molecular formula is C22H21N3O. The van der Waals surface area contributed by atoms with Crippen molar-refractivity contribution in [2.24, 2.45) is 0 Å². The van der Waals surface area contributed by atoms with Gasteiger partial charge in [-0.2, -0.15) is 5.10 Å². The van der Waals surface area contributed by atoms with Crippen molar-refractivity contribution in [3.05, 3.63) is 83.6 Å². The summed E-state index contributed by atoms with van der Waals surface area (Å²) in [5, 5.41) is 7.20. The molecule has 0 radical (unpaired) electrons. The Kier molecular flexibility index (Phi) is 4.40. The maximum absolute atomic E-state index is 12.8. The third-order valence-electron chi connectivity index (χ3n) is 4.80. The van der Waals surface area contributed by atoms with Crippen LogP contribution in [0.5, 0.6) is 0 Å². The second-order valence-corrected chi connectivity index (χ2v) is 6.63. The Labute approximate surface area is 153 Å². The minimum Gasteiger partial charge on any atom is -0.333 e. The van der Waals surface area contributed by atoms with E-state index in [1.807, 2.05) is 53.4 Å². The van der Waals surface area contributed by atoms with E-state index in [-0.39, 0.29) is 5.91 Å². The normalized spacial score (nSPS) is 14.2. The van der Waals surface area contributed by atoms with E-state index in [4.69, 9.17) is 0 Å². The zero-order chi connectivity index (χ0) is 17.9. The molecule has 1 aromatic heterocycles. The monoisotopic (exact) mass is 343 g/mol. The summed E-state index contributed by atoms with van der Waals surface area (Å²) in [6.07, 6.45) is 3.02. The molecule has 4 nitrogen and oxygen atoms in total. The molecule has 3 aromatic rings. The number of amides is 1. The van der Waals surface area contributed by atoms with Gasteiger partial charge in [0.05, 0.1) is 5.69 Å². The van der Waals surface area contributed by atoms with E-state index in [0.29, 0.717) is 12.2 Å². The average Bonchev–Trinajstić information content (AvgIpc) is 3.19. The second kappa shape index (κ2) is 7.00. The molecule has 1 aliphatic rings. The van der Waals surface area contributed by atoms with Crippen LogP contribution < -0.4 is 0 Å². The maximum Gasteiger partial charge on any atom is 0.272 e. The molecule has 0 unspecified atom stereocenters. The first-order valence-electron chi connectivity index (χ1n) is 8.87. The zero-order valence-electron chi connectivity index (χ0n) is 14.8. The van der Waals surface area contributed by atoms with Crippen molar-refractivity contribution >= 4 is 11.5 Å². The SMILES string of the molecule is Cc1ccc(-c2cc(C(=O)N3CC=C(c4ccccc4)CC3)[nH]n2)cc1. The van der Waals surface area contributed by atoms with Crippen LogP contribution in [0.1, 0.15) is 28.0 Å². The lowest BCUT2D eigenvalue weighted by Crippen LogP contribution is -2.34. The van der Waals surface area contributed by atoms with Crippen molar-refractivity contribution in [2.45, 2.75) is 13.3 Å². The summed E-state index contributed by atoms with van der Waals surface area (Å²) in [5.74, 6) is -0.000719. The van der Waals surface area contributed by atoms with Crippen molar-refractivity contribution in [3.63, 3.8) is 0 Å². The van der Waals surface area contributed by atoms with Crippen molar-refractivity contribution in [2.75, 3.05) is 13.1 Å². The molecule has 2 heterocycles. The van der Waals surface area contributed by atoms with E-state index in [1.165, 1.54) is 16.7 Å². The van der Waals surface area contributed by atoms with Gasteiger partial charge in [0, 0.05) is 18.7 Å². The van der Waals surface area contributed by atoms with Gasteiger partial charge in [0.25, 0.3) is 5.91 Å². The molecule has 0 fully saturated rings. The van der Waals surface area contributed by atoms with Crippen molar-refractivity contribution < 1.29 is 4.79 Å². The summed E-state index contributed by atoms with van der Waals surface area (Å²) in [4.78, 5) is 14.6. The molecule has 0 saturated carbocycles. The Morgan fingerprint density at radius 1 is 1.04 bits per heavy atom. The Bertz CT molecular complexity index is 939. The quantitative estimate of drug-likeness (QED) is 0.770. The Morgan fingerprint density at radius 3 is 2.50 bits per heavy atom. The second-order valence-electron chi connectivity index (χ2n) is 6.63. The molecule has 0 bridgehead atoms. The van der Waals surface area contributed by atoms with Crippen molar-refractivity contribution in [3.8, 4) is 11.3 Å². The molecule has 0 spiro atoms. The summed E-state index contributed by atoms with van der Waals surface area (Å²) in [5.41, 5.74) is 6.09. The molecule has 0 atom stereocenters. The van der Waals surface area contributed by atoms with Gasteiger partial charge in [-0.3, -0.25) is 9.89 Å². The molecule has 130 valence electrons. The molecule has 2 aromatic carbocycles. The number of carbonyl (C=O) groups excluding carboxylic acids is 1. The molecule has 26 heavy (non-hydrogen) atoms. The number of hydrogen-bond acceptors (Lipinski definition) is 2. The number of H-pyrrole nitrogens is 1. The smallest absolute Gasteiger partial charge is 0.272 e. The van der Waals surface area contributed by atoms with Gasteiger partial charge in [0.2, 0.25) is 0 Å². The van der Waals surface area contributed by atoms with Crippen LogP contribution >= 0.6 is 0 Å². The number of carbonyl (C=O) groups is 1. The van der Waals surface area contributed by atoms with Gasteiger partial charge in [-0.05, 0) is 30.5 Å². The Morgan fingerprint density at radius 2 is 1.81 bits per heavy atom. The number of nitrogens with one attached hydrogen (secondary N) is 1. The predicted octanol–water partition coefficient (Wildman–Crippen LogP) is 4.31. The van der Waals surface area contributed by atoms with Crippen LogP contribution in [0.25, 0.3) is 16.8 Å². The molecule has 0 saturated heterocycles. The lowest BCUT2D eigenvalue weighted by molar-refractivity contribution is 0.0767. The first-order valence-corrected chi connectivity index (χ1v) is 8.87. The average molecular weight is 343 g/mol. The maximum atomic E-state index is 12.8. The molecule has 4 heteroatoms. The highest BCUT2D eigenvalue weighted by molar-refractivity contribution is 5.94. The molecule has 0 aliphatic carbocycles. The molecule has 4 rings (SSSR count). The molecule has 1 amide bonds. The van der Waals surface area contributed by atoms with E-state index in [2.05, 4.69) is 35.3 Å². The topological polar surface area (TPSA) is 49.0 Å². The number of rotatable bonds is 3. The van der Waals surface area contributed by atoms with Gasteiger partial charge >= 0.3 is 0 Å². The third-order valence-corrected chi connectivity index (χ3v) is 4.80. The lowest BCUT2D eigenvalue weighted by atomic mass is 9.99. The van der Waals surface area contributed by atoms with Crippen LogP contribution in [-0.2, 0) is 0 Å². The Balaban J connectivity index is 1.47. The van der Waals surface area contributed by atoms with E-state index in [9.17, 15) is 4.79 Å². The van der Waals surface area contributed by atoms with Gasteiger partial charge in [-0.15, -0.1) is 0 Å². The number of hydrogen-bond donors (Lipinski definition) is 1. The first kappa shape index (κ1) is 16.3. The molecular weight excluding hydrogens is 322 g/mol. The highest BCUT2D eigenvalue weighted by Gasteiger charge is 2.21. The van der Waals surface area contributed by atoms with Gasteiger partial charge in [-0.1, -0.05) is 66.2 Å². The lowest BCUT2D eigenvalue weighted by Gasteiger charge is -2.26. The number of aromatic nitrogens is 2. The number of aryl methyl sites for hydroxylation is 1. The van der Waals surface area contributed by atoms with Crippen molar-refractivity contribution in [1.82, 2.24) is 15.1 Å². The summed E-state index contributed by atoms with van der Waals surface area (Å²) in [7, 11) is 0. The van der Waals surface area contributed by atoms with E-state index in [0.717, 1.165) is 24.2 Å². The summed E-state index contributed by atoms with van der Waals surface area (Å²) in [6.45, 7) is 3.40. The number of nitrogens with zero attached hydrogens (tertiary/aromatic N) is 2. The highest BCUT2D eigenvalue weighted by atomic mass is 16.2. The standard InChI is InChI=1S/C22H21N3O/c1-16-7-9-19(10-8-16)20-15-21(24-23-20)22(26)25-13-11-18(12-14-25)17-5-3-2-4-6-17/h2-11,15H,12-14H2,1H3,(H,23,24). The van der Waals surface area contributed by atoms with E-state index >= 15 is 0 Å². The first-order chi connectivity index (χ1) is 12.7. The fraction of sp³-hybridized carbons (Fsp3) is 0.182. The summed E-state index contributed by atoms with van der Waals surface area (Å²) in [6, 6.07) is 20.3. The highest BCUT2D eigenvalue weighted by Crippen LogP contribution is 2.24. The van der Waals surface area contributed by atoms with E-state index in [1.54, 1.807) is 0 Å². The van der Waals surface area contributed by atoms with Gasteiger partial charge in [-0.25, -0.2) is 0 Å². The summed E-state index contributed by atoms with van der Waals surface area (Å²) >= 11 is 0. The van der Waals surface area contributed by atoms with Crippen LogP contribution in [0.3, 0.4) is 0 Å². The van der Waals surface area contributed by atoms with Crippen LogP contribution in [0.15, 0.2) is 66.7 Å². The molecule has 1 N–H and O–H groups in total. The van der Waals surface area contributed by atoms with Crippen LogP contribution in [0.2, 0.25) is 0 Å². The Hall–Kier alpha value is -3.14. The van der Waals surface area contributed by atoms with Crippen LogP contribution in [0, 0.1) is 6.92 Å². The largest absolute Gasteiger partial charge is 0.333 e. The van der Waals surface area contributed by atoms with Gasteiger partial charge < -0.3 is 4.90 Å². The minimum absolute atomic E-state index is 0.000719. The number of benzene rings is 2. The third kappa shape index (κ3) is 3.31. The van der Waals surface area contributed by atoms with Gasteiger partial charge in [0.1, 0.15) is 5.69 Å². The fourth-order valence-corrected chi connectivity index (χ4v) is 3.24.